The van der Waals surface area contributed by atoms with Gasteiger partial charge in [0.2, 0.25) is 11.9 Å². The summed E-state index contributed by atoms with van der Waals surface area (Å²) in [5, 5.41) is 3.02. The second-order valence-corrected chi connectivity index (χ2v) is 8.49. The maximum Gasteiger partial charge on any atom is 0.439 e. The standard InChI is InChI=1S/C19H16N6O5S/c1-11-9-20-18(21-12-6-7-15-13(8-12)24-31(27,28)10-29-15)22-17(11)23-25-14-4-2-3-5-16(14)30-19(25)26/h2-9,24H,10H2,1H3,(H2,20,21,22,23). The SMILES string of the molecule is Cc1cnc(Nc2ccc3c(c2)NS(=O)(=O)CO3)nc1Nn1c(=O)oc2ccccc21. The lowest BCUT2D eigenvalue weighted by Gasteiger charge is -2.20. The zero-order chi connectivity index (χ0) is 21.6. The molecule has 12 heteroatoms. The maximum absolute atomic E-state index is 12.2. The van der Waals surface area contributed by atoms with Gasteiger partial charge in [-0.15, -0.1) is 0 Å². The summed E-state index contributed by atoms with van der Waals surface area (Å²) >= 11 is 0. The molecule has 0 spiro atoms. The highest BCUT2D eigenvalue weighted by Crippen LogP contribution is 2.33. The van der Waals surface area contributed by atoms with E-state index >= 15 is 0 Å². The molecule has 0 saturated heterocycles. The van der Waals surface area contributed by atoms with Crippen LogP contribution >= 0.6 is 0 Å². The fourth-order valence-electron chi connectivity index (χ4n) is 3.07. The molecular formula is C19H16N6O5S. The van der Waals surface area contributed by atoms with Crippen molar-refractivity contribution in [2.45, 2.75) is 6.92 Å². The van der Waals surface area contributed by atoms with Gasteiger partial charge < -0.3 is 14.5 Å². The van der Waals surface area contributed by atoms with Crippen LogP contribution in [0.25, 0.3) is 11.1 Å². The monoisotopic (exact) mass is 440 g/mol. The lowest BCUT2D eigenvalue weighted by Crippen LogP contribution is -2.25. The number of ether oxygens (including phenoxy) is 1. The summed E-state index contributed by atoms with van der Waals surface area (Å²) in [6.45, 7) is 1.80. The molecule has 2 aromatic carbocycles. The number of hydrogen-bond donors (Lipinski definition) is 3. The number of para-hydroxylation sites is 2. The first-order valence-electron chi connectivity index (χ1n) is 9.14. The molecule has 1 aliphatic rings. The predicted molar refractivity (Wildman–Crippen MR) is 114 cm³/mol. The molecule has 0 unspecified atom stereocenters. The van der Waals surface area contributed by atoms with Crippen LogP contribution in [0.3, 0.4) is 0 Å². The Morgan fingerprint density at radius 2 is 2.03 bits per heavy atom. The van der Waals surface area contributed by atoms with Crippen LogP contribution in [-0.2, 0) is 10.0 Å². The van der Waals surface area contributed by atoms with Gasteiger partial charge in [0.05, 0.1) is 5.69 Å². The number of rotatable bonds is 4. The van der Waals surface area contributed by atoms with Gasteiger partial charge in [0.15, 0.2) is 11.4 Å². The summed E-state index contributed by atoms with van der Waals surface area (Å²) in [6.07, 6.45) is 1.59. The third-order valence-corrected chi connectivity index (χ3v) is 5.51. The van der Waals surface area contributed by atoms with E-state index in [4.69, 9.17) is 9.15 Å². The smallest absolute Gasteiger partial charge is 0.439 e. The Morgan fingerprint density at radius 1 is 1.19 bits per heavy atom. The normalized spacial score (nSPS) is 14.4. The molecule has 4 aromatic rings. The first kappa shape index (κ1) is 18.9. The first-order chi connectivity index (χ1) is 14.9. The molecule has 1 aliphatic heterocycles. The summed E-state index contributed by atoms with van der Waals surface area (Å²) < 4.78 is 37.6. The van der Waals surface area contributed by atoms with Crippen molar-refractivity contribution in [3.05, 3.63) is 64.8 Å². The number of aryl methyl sites for hydroxylation is 1. The molecule has 0 atom stereocenters. The Balaban J connectivity index is 1.44. The van der Waals surface area contributed by atoms with Crippen molar-refractivity contribution >= 4 is 44.3 Å². The molecule has 0 radical (unpaired) electrons. The minimum absolute atomic E-state index is 0.244. The second-order valence-electron chi connectivity index (χ2n) is 6.82. The van der Waals surface area contributed by atoms with Crippen molar-refractivity contribution in [2.75, 3.05) is 21.4 Å². The highest BCUT2D eigenvalue weighted by Gasteiger charge is 2.21. The van der Waals surface area contributed by atoms with E-state index in [1.54, 1.807) is 55.6 Å². The van der Waals surface area contributed by atoms with Crippen LogP contribution in [-0.4, -0.2) is 29.0 Å². The van der Waals surface area contributed by atoms with E-state index in [1.807, 2.05) is 0 Å². The van der Waals surface area contributed by atoms with Crippen LogP contribution in [0.15, 0.2) is 57.9 Å². The molecule has 0 saturated carbocycles. The molecular weight excluding hydrogens is 424 g/mol. The van der Waals surface area contributed by atoms with Gasteiger partial charge in [-0.3, -0.25) is 10.1 Å². The van der Waals surface area contributed by atoms with E-state index in [1.165, 1.54) is 4.68 Å². The van der Waals surface area contributed by atoms with Gasteiger partial charge in [0, 0.05) is 17.4 Å². The van der Waals surface area contributed by atoms with Gasteiger partial charge in [-0.05, 0) is 37.3 Å². The summed E-state index contributed by atoms with van der Waals surface area (Å²) in [7, 11) is -3.53. The van der Waals surface area contributed by atoms with Crippen molar-refractivity contribution in [3.63, 3.8) is 0 Å². The number of aromatic nitrogens is 3. The maximum atomic E-state index is 12.2. The third-order valence-electron chi connectivity index (χ3n) is 4.55. The lowest BCUT2D eigenvalue weighted by molar-refractivity contribution is 0.374. The lowest BCUT2D eigenvalue weighted by atomic mass is 10.2. The number of oxazole rings is 1. The molecule has 0 bridgehead atoms. The zero-order valence-corrected chi connectivity index (χ0v) is 16.9. The van der Waals surface area contributed by atoms with E-state index in [2.05, 4.69) is 25.4 Å². The van der Waals surface area contributed by atoms with Crippen LogP contribution in [0.4, 0.5) is 23.1 Å². The van der Waals surface area contributed by atoms with Crippen LogP contribution in [0.5, 0.6) is 5.75 Å². The molecule has 31 heavy (non-hydrogen) atoms. The molecule has 5 rings (SSSR count). The van der Waals surface area contributed by atoms with Gasteiger partial charge in [-0.2, -0.15) is 9.66 Å². The van der Waals surface area contributed by atoms with Crippen molar-refractivity contribution in [3.8, 4) is 5.75 Å². The summed E-state index contributed by atoms with van der Waals surface area (Å²) in [6, 6.07) is 12.0. The number of hydrogen-bond acceptors (Lipinski definition) is 9. The van der Waals surface area contributed by atoms with E-state index in [0.717, 1.165) is 0 Å². The zero-order valence-electron chi connectivity index (χ0n) is 16.1. The van der Waals surface area contributed by atoms with Crippen molar-refractivity contribution in [1.29, 1.82) is 0 Å². The quantitative estimate of drug-likeness (QED) is 0.436. The van der Waals surface area contributed by atoms with E-state index in [0.29, 0.717) is 39.6 Å². The first-order valence-corrected chi connectivity index (χ1v) is 10.8. The van der Waals surface area contributed by atoms with E-state index < -0.39 is 21.7 Å². The van der Waals surface area contributed by atoms with Gasteiger partial charge in [-0.1, -0.05) is 12.1 Å². The Labute approximate surface area is 175 Å². The van der Waals surface area contributed by atoms with Gasteiger partial charge in [-0.25, -0.2) is 18.2 Å². The number of benzene rings is 2. The van der Waals surface area contributed by atoms with Crippen LogP contribution in [0.1, 0.15) is 5.56 Å². The van der Waals surface area contributed by atoms with Crippen LogP contribution in [0, 0.1) is 6.92 Å². The number of anilines is 4. The molecule has 3 heterocycles. The fraction of sp³-hybridized carbons (Fsp3) is 0.105. The molecule has 158 valence electrons. The van der Waals surface area contributed by atoms with Gasteiger partial charge in [0.25, 0.3) is 10.0 Å². The topological polar surface area (TPSA) is 140 Å². The summed E-state index contributed by atoms with van der Waals surface area (Å²) in [5.74, 6) is 0.0707. The number of sulfonamides is 1. The number of fused-ring (bicyclic) bond motifs is 2. The second kappa shape index (κ2) is 7.02. The van der Waals surface area contributed by atoms with Gasteiger partial charge >= 0.3 is 5.76 Å². The highest BCUT2D eigenvalue weighted by atomic mass is 32.2. The number of nitrogens with zero attached hydrogens (tertiary/aromatic N) is 3. The van der Waals surface area contributed by atoms with Crippen LogP contribution in [0.2, 0.25) is 0 Å². The molecule has 3 N–H and O–H groups in total. The van der Waals surface area contributed by atoms with E-state index in [-0.39, 0.29) is 5.95 Å². The Hall–Kier alpha value is -4.06. The molecule has 0 fully saturated rings. The highest BCUT2D eigenvalue weighted by molar-refractivity contribution is 7.92. The molecule has 0 amide bonds. The Kier molecular flexibility index (Phi) is 4.29. The average molecular weight is 440 g/mol. The van der Waals surface area contributed by atoms with Gasteiger partial charge in [0.1, 0.15) is 11.3 Å². The molecule has 11 nitrogen and oxygen atoms in total. The Bertz CT molecular complexity index is 1480. The fourth-order valence-corrected chi connectivity index (χ4v) is 3.91. The molecule has 0 aliphatic carbocycles. The predicted octanol–water partition coefficient (Wildman–Crippen LogP) is 2.40. The number of nitrogens with one attached hydrogen (secondary N) is 3. The molecule has 2 aromatic heterocycles. The largest absolute Gasteiger partial charge is 0.474 e. The van der Waals surface area contributed by atoms with Crippen molar-refractivity contribution in [2.24, 2.45) is 0 Å². The third kappa shape index (κ3) is 3.64. The summed E-state index contributed by atoms with van der Waals surface area (Å²) in [4.78, 5) is 20.9. The average Bonchev–Trinajstić information content (AvgIpc) is 3.05. The van der Waals surface area contributed by atoms with Crippen LogP contribution < -0.4 is 26.0 Å². The minimum Gasteiger partial charge on any atom is -0.474 e. The van der Waals surface area contributed by atoms with E-state index in [9.17, 15) is 13.2 Å². The van der Waals surface area contributed by atoms with Crippen molar-refractivity contribution < 1.29 is 17.6 Å². The minimum atomic E-state index is -3.53. The van der Waals surface area contributed by atoms with Crippen molar-refractivity contribution in [1.82, 2.24) is 14.6 Å². The Morgan fingerprint density at radius 3 is 2.90 bits per heavy atom. The summed E-state index contributed by atoms with van der Waals surface area (Å²) in [5.41, 5.74) is 5.55.